The van der Waals surface area contributed by atoms with Gasteiger partial charge in [0.25, 0.3) is 0 Å². The molecule has 3 nitrogen and oxygen atoms in total. The quantitative estimate of drug-likeness (QED) is 0.695. The number of rotatable bonds is 2. The zero-order valence-electron chi connectivity index (χ0n) is 8.84. The summed E-state index contributed by atoms with van der Waals surface area (Å²) in [6.07, 6.45) is 2.70. The lowest BCUT2D eigenvalue weighted by Crippen LogP contribution is -2.42. The first kappa shape index (κ1) is 10.5. The Balaban J connectivity index is 2.42. The number of nitrogens with zero attached hydrogens (tertiary/aromatic N) is 1. The first-order chi connectivity index (χ1) is 5.88. The molecule has 0 aromatic rings. The Kier molecular flexibility index (Phi) is 2.96. The summed E-state index contributed by atoms with van der Waals surface area (Å²) in [6, 6.07) is 0. The van der Waals surface area contributed by atoms with E-state index in [1.54, 1.807) is 0 Å². The van der Waals surface area contributed by atoms with Gasteiger partial charge in [-0.2, -0.15) is 0 Å². The molecule has 0 aromatic heterocycles. The van der Waals surface area contributed by atoms with E-state index in [-0.39, 0.29) is 11.4 Å². The van der Waals surface area contributed by atoms with Gasteiger partial charge in [-0.3, -0.25) is 4.79 Å². The van der Waals surface area contributed by atoms with E-state index >= 15 is 0 Å². The standard InChI is InChI=1S/C10H20N2O/c1-10(2,11)6-8-4-5-9(13)12(3)7-8/h8H,4-7,11H2,1-3H3. The summed E-state index contributed by atoms with van der Waals surface area (Å²) in [6.45, 7) is 4.96. The number of carbonyl (C=O) groups is 1. The third-order valence-corrected chi connectivity index (χ3v) is 2.54. The number of amides is 1. The highest BCUT2D eigenvalue weighted by molar-refractivity contribution is 5.76. The van der Waals surface area contributed by atoms with Crippen LogP contribution in [0, 0.1) is 5.92 Å². The Morgan fingerprint density at radius 2 is 2.23 bits per heavy atom. The fourth-order valence-electron chi connectivity index (χ4n) is 2.01. The van der Waals surface area contributed by atoms with Gasteiger partial charge in [0.1, 0.15) is 0 Å². The molecule has 0 aromatic carbocycles. The second-order valence-electron chi connectivity index (χ2n) is 4.87. The maximum absolute atomic E-state index is 11.2. The molecule has 1 unspecified atom stereocenters. The molecule has 0 saturated carbocycles. The Morgan fingerprint density at radius 3 is 2.69 bits per heavy atom. The molecule has 2 N–H and O–H groups in total. The predicted octanol–water partition coefficient (Wildman–Crippen LogP) is 0.982. The number of likely N-dealkylation sites (tertiary alicyclic amines) is 1. The van der Waals surface area contributed by atoms with Gasteiger partial charge in [-0.15, -0.1) is 0 Å². The highest BCUT2D eigenvalue weighted by atomic mass is 16.2. The summed E-state index contributed by atoms with van der Waals surface area (Å²) >= 11 is 0. The summed E-state index contributed by atoms with van der Waals surface area (Å²) in [5.41, 5.74) is 5.84. The molecule has 0 aliphatic carbocycles. The van der Waals surface area contributed by atoms with Crippen LogP contribution in [-0.2, 0) is 4.79 Å². The molecule has 0 radical (unpaired) electrons. The lowest BCUT2D eigenvalue weighted by molar-refractivity contribution is -0.133. The summed E-state index contributed by atoms with van der Waals surface area (Å²) in [7, 11) is 1.87. The molecule has 1 atom stereocenters. The highest BCUT2D eigenvalue weighted by Gasteiger charge is 2.26. The Hall–Kier alpha value is -0.570. The van der Waals surface area contributed by atoms with Crippen molar-refractivity contribution in [1.29, 1.82) is 0 Å². The van der Waals surface area contributed by atoms with Gasteiger partial charge < -0.3 is 10.6 Å². The molecule has 0 bridgehead atoms. The van der Waals surface area contributed by atoms with Gasteiger partial charge in [-0.25, -0.2) is 0 Å². The van der Waals surface area contributed by atoms with Crippen LogP contribution in [0.5, 0.6) is 0 Å². The molecule has 1 fully saturated rings. The van der Waals surface area contributed by atoms with Gasteiger partial charge in [0.15, 0.2) is 0 Å². The van der Waals surface area contributed by atoms with Crippen LogP contribution in [0.2, 0.25) is 0 Å². The predicted molar refractivity (Wildman–Crippen MR) is 53.2 cm³/mol. The number of hydrogen-bond acceptors (Lipinski definition) is 2. The third-order valence-electron chi connectivity index (χ3n) is 2.54. The second kappa shape index (κ2) is 3.66. The van der Waals surface area contributed by atoms with Gasteiger partial charge in [-0.1, -0.05) is 0 Å². The molecular formula is C10H20N2O. The Morgan fingerprint density at radius 1 is 1.62 bits per heavy atom. The summed E-state index contributed by atoms with van der Waals surface area (Å²) in [5.74, 6) is 0.855. The normalized spacial score (nSPS) is 25.1. The van der Waals surface area contributed by atoms with Crippen LogP contribution in [0.15, 0.2) is 0 Å². The zero-order valence-corrected chi connectivity index (χ0v) is 8.84. The minimum atomic E-state index is -0.105. The lowest BCUT2D eigenvalue weighted by Gasteiger charge is -2.33. The minimum Gasteiger partial charge on any atom is -0.345 e. The van der Waals surface area contributed by atoms with Crippen molar-refractivity contribution in [2.24, 2.45) is 11.7 Å². The van der Waals surface area contributed by atoms with Crippen LogP contribution in [-0.4, -0.2) is 29.9 Å². The molecule has 1 aliphatic heterocycles. The average molecular weight is 184 g/mol. The van der Waals surface area contributed by atoms with Crippen molar-refractivity contribution in [1.82, 2.24) is 4.90 Å². The van der Waals surface area contributed by atoms with Crippen LogP contribution in [0.1, 0.15) is 33.1 Å². The molecule has 76 valence electrons. The van der Waals surface area contributed by atoms with E-state index in [0.29, 0.717) is 12.3 Å². The Labute approximate surface area is 80.3 Å². The molecule has 1 amide bonds. The number of nitrogens with two attached hydrogens (primary N) is 1. The van der Waals surface area contributed by atoms with Crippen LogP contribution >= 0.6 is 0 Å². The van der Waals surface area contributed by atoms with Crippen molar-refractivity contribution < 1.29 is 4.79 Å². The van der Waals surface area contributed by atoms with Crippen LogP contribution in [0.3, 0.4) is 0 Å². The molecular weight excluding hydrogens is 164 g/mol. The largest absolute Gasteiger partial charge is 0.345 e. The van der Waals surface area contributed by atoms with Gasteiger partial charge in [-0.05, 0) is 32.6 Å². The third kappa shape index (κ3) is 3.35. The van der Waals surface area contributed by atoms with Crippen molar-refractivity contribution in [3.63, 3.8) is 0 Å². The van der Waals surface area contributed by atoms with Crippen LogP contribution in [0.25, 0.3) is 0 Å². The summed E-state index contributed by atoms with van der Waals surface area (Å²) < 4.78 is 0. The smallest absolute Gasteiger partial charge is 0.222 e. The topological polar surface area (TPSA) is 46.3 Å². The number of hydrogen-bond donors (Lipinski definition) is 1. The number of carbonyl (C=O) groups excluding carboxylic acids is 1. The first-order valence-electron chi connectivity index (χ1n) is 4.91. The van der Waals surface area contributed by atoms with E-state index in [1.165, 1.54) is 0 Å². The number of piperidine rings is 1. The SMILES string of the molecule is CN1CC(CC(C)(C)N)CCC1=O. The fraction of sp³-hybridized carbons (Fsp3) is 0.900. The van der Waals surface area contributed by atoms with Gasteiger partial charge >= 0.3 is 0 Å². The maximum Gasteiger partial charge on any atom is 0.222 e. The molecule has 13 heavy (non-hydrogen) atoms. The first-order valence-corrected chi connectivity index (χ1v) is 4.91. The monoisotopic (exact) mass is 184 g/mol. The van der Waals surface area contributed by atoms with E-state index in [0.717, 1.165) is 19.4 Å². The van der Waals surface area contributed by atoms with E-state index < -0.39 is 0 Å². The molecule has 1 heterocycles. The summed E-state index contributed by atoms with van der Waals surface area (Å²) in [4.78, 5) is 13.0. The molecule has 1 aliphatic rings. The molecule has 1 saturated heterocycles. The Bertz CT molecular complexity index is 196. The maximum atomic E-state index is 11.2. The lowest BCUT2D eigenvalue weighted by atomic mass is 9.86. The van der Waals surface area contributed by atoms with E-state index in [9.17, 15) is 4.79 Å². The van der Waals surface area contributed by atoms with E-state index in [2.05, 4.69) is 0 Å². The van der Waals surface area contributed by atoms with Gasteiger partial charge in [0, 0.05) is 25.6 Å². The second-order valence-corrected chi connectivity index (χ2v) is 4.87. The summed E-state index contributed by atoms with van der Waals surface area (Å²) in [5, 5.41) is 0. The molecule has 1 rings (SSSR count). The van der Waals surface area contributed by atoms with Crippen LogP contribution in [0.4, 0.5) is 0 Å². The fourth-order valence-corrected chi connectivity index (χ4v) is 2.01. The minimum absolute atomic E-state index is 0.105. The molecule has 3 heteroatoms. The average Bonchev–Trinajstić information content (AvgIpc) is 1.94. The van der Waals surface area contributed by atoms with Crippen molar-refractivity contribution >= 4 is 5.91 Å². The van der Waals surface area contributed by atoms with Crippen molar-refractivity contribution in [2.45, 2.75) is 38.6 Å². The van der Waals surface area contributed by atoms with Crippen molar-refractivity contribution in [3.05, 3.63) is 0 Å². The highest BCUT2D eigenvalue weighted by Crippen LogP contribution is 2.23. The zero-order chi connectivity index (χ0) is 10.1. The molecule has 0 spiro atoms. The van der Waals surface area contributed by atoms with E-state index in [1.807, 2.05) is 25.8 Å². The van der Waals surface area contributed by atoms with Crippen LogP contribution < -0.4 is 5.73 Å². The van der Waals surface area contributed by atoms with E-state index in [4.69, 9.17) is 5.73 Å². The van der Waals surface area contributed by atoms with Gasteiger partial charge in [0.2, 0.25) is 5.91 Å². The van der Waals surface area contributed by atoms with Crippen molar-refractivity contribution in [3.8, 4) is 0 Å². The van der Waals surface area contributed by atoms with Gasteiger partial charge in [0.05, 0.1) is 0 Å². The van der Waals surface area contributed by atoms with Crippen molar-refractivity contribution in [2.75, 3.05) is 13.6 Å².